The third kappa shape index (κ3) is 3.17. The molecule has 3 atom stereocenters. The maximum absolute atomic E-state index is 12.2. The number of carbonyl (C=O) groups is 1. The molecule has 1 aromatic heterocycles. The van der Waals surface area contributed by atoms with Gasteiger partial charge in [0, 0.05) is 12.6 Å². The zero-order valence-electron chi connectivity index (χ0n) is 14.0. The van der Waals surface area contributed by atoms with Crippen LogP contribution >= 0.6 is 0 Å². The van der Waals surface area contributed by atoms with E-state index >= 15 is 0 Å². The third-order valence-electron chi connectivity index (χ3n) is 5.80. The summed E-state index contributed by atoms with van der Waals surface area (Å²) in [6, 6.07) is 1.68. The summed E-state index contributed by atoms with van der Waals surface area (Å²) in [4.78, 5) is 24.4. The van der Waals surface area contributed by atoms with Gasteiger partial charge in [0.2, 0.25) is 5.91 Å². The van der Waals surface area contributed by atoms with Crippen LogP contribution < -0.4 is 10.9 Å². The van der Waals surface area contributed by atoms with Gasteiger partial charge in [-0.3, -0.25) is 9.59 Å². The highest BCUT2D eigenvalue weighted by Gasteiger charge is 2.35. The first-order chi connectivity index (χ1) is 11.7. The Bertz CT molecular complexity index is 722. The van der Waals surface area contributed by atoms with Crippen LogP contribution in [-0.2, 0) is 24.2 Å². The van der Waals surface area contributed by atoms with Crippen LogP contribution in [0.25, 0.3) is 0 Å². The molecule has 1 fully saturated rings. The van der Waals surface area contributed by atoms with Gasteiger partial charge < -0.3 is 5.32 Å². The van der Waals surface area contributed by atoms with Crippen molar-refractivity contribution in [3.05, 3.63) is 39.8 Å². The number of hydrogen-bond donors (Lipinski definition) is 1. The Morgan fingerprint density at radius 3 is 2.88 bits per heavy atom. The molecule has 128 valence electrons. The molecule has 24 heavy (non-hydrogen) atoms. The number of rotatable bonds is 4. The minimum atomic E-state index is -0.159. The summed E-state index contributed by atoms with van der Waals surface area (Å²) >= 11 is 0. The number of allylic oxidation sites excluding steroid dienone is 2. The zero-order valence-corrected chi connectivity index (χ0v) is 14.0. The van der Waals surface area contributed by atoms with Crippen LogP contribution in [0.3, 0.4) is 0 Å². The molecule has 3 aliphatic rings. The van der Waals surface area contributed by atoms with Crippen molar-refractivity contribution >= 4 is 5.91 Å². The maximum atomic E-state index is 12.2. The lowest BCUT2D eigenvalue weighted by Crippen LogP contribution is -2.37. The summed E-state index contributed by atoms with van der Waals surface area (Å²) in [5, 5.41) is 7.47. The Kier molecular flexibility index (Phi) is 4.25. The van der Waals surface area contributed by atoms with E-state index in [4.69, 9.17) is 0 Å². The van der Waals surface area contributed by atoms with Gasteiger partial charge >= 0.3 is 0 Å². The number of nitrogens with one attached hydrogen (secondary N) is 1. The highest BCUT2D eigenvalue weighted by molar-refractivity contribution is 5.75. The first-order valence-corrected chi connectivity index (χ1v) is 9.24. The predicted octanol–water partition coefficient (Wildman–Crippen LogP) is 1.84. The lowest BCUT2D eigenvalue weighted by molar-refractivity contribution is -0.122. The topological polar surface area (TPSA) is 64.0 Å². The molecule has 1 amide bonds. The van der Waals surface area contributed by atoms with Gasteiger partial charge in [0.15, 0.2) is 0 Å². The van der Waals surface area contributed by atoms with E-state index in [1.165, 1.54) is 23.9 Å². The minimum Gasteiger partial charge on any atom is -0.354 e. The second-order valence-electron chi connectivity index (χ2n) is 7.52. The van der Waals surface area contributed by atoms with E-state index in [1.54, 1.807) is 6.07 Å². The molecule has 1 saturated carbocycles. The fourth-order valence-electron chi connectivity index (χ4n) is 4.46. The molecule has 1 heterocycles. The molecule has 0 aliphatic heterocycles. The van der Waals surface area contributed by atoms with Crippen LogP contribution in [0.2, 0.25) is 0 Å². The lowest BCUT2D eigenvalue weighted by atomic mass is 9.94. The molecule has 5 nitrogen and oxygen atoms in total. The van der Waals surface area contributed by atoms with Crippen molar-refractivity contribution in [3.63, 3.8) is 0 Å². The molecule has 4 rings (SSSR count). The Hall–Kier alpha value is -1.91. The number of hydrogen-bond acceptors (Lipinski definition) is 3. The summed E-state index contributed by atoms with van der Waals surface area (Å²) in [6.07, 6.45) is 12.3. The molecule has 0 unspecified atom stereocenters. The van der Waals surface area contributed by atoms with E-state index in [9.17, 15) is 9.59 Å². The Balaban J connectivity index is 1.38. The summed E-state index contributed by atoms with van der Waals surface area (Å²) in [5.74, 6) is 1.79. The number of aromatic nitrogens is 2. The molecule has 5 heteroatoms. The van der Waals surface area contributed by atoms with E-state index in [1.807, 2.05) is 0 Å². The second-order valence-corrected chi connectivity index (χ2v) is 7.52. The van der Waals surface area contributed by atoms with Crippen molar-refractivity contribution in [1.82, 2.24) is 15.1 Å². The van der Waals surface area contributed by atoms with Crippen LogP contribution in [0, 0.1) is 17.8 Å². The number of carbonyl (C=O) groups excluding carboxylic acids is 1. The van der Waals surface area contributed by atoms with Crippen LogP contribution in [0.15, 0.2) is 23.0 Å². The molecule has 1 aromatic rings. The lowest BCUT2D eigenvalue weighted by Gasteiger charge is -2.18. The standard InChI is InChI=1S/C19H25N3O2/c23-18(20-11-16-9-13-6-7-14(16)8-13)12-22-19(24)10-15-4-2-1-3-5-17(15)21-22/h6-7,10,13-14,16H,1-5,8-9,11-12H2,(H,20,23)/t13-,14-,16-/m1/s1. The van der Waals surface area contributed by atoms with Crippen molar-refractivity contribution < 1.29 is 4.79 Å². The van der Waals surface area contributed by atoms with Crippen molar-refractivity contribution in [2.75, 3.05) is 6.54 Å². The molecular formula is C19H25N3O2. The summed E-state index contributed by atoms with van der Waals surface area (Å²) < 4.78 is 1.33. The molecular weight excluding hydrogens is 302 g/mol. The Morgan fingerprint density at radius 1 is 1.21 bits per heavy atom. The third-order valence-corrected chi connectivity index (χ3v) is 5.80. The Labute approximate surface area is 142 Å². The van der Waals surface area contributed by atoms with Crippen molar-refractivity contribution in [2.24, 2.45) is 17.8 Å². The fourth-order valence-corrected chi connectivity index (χ4v) is 4.46. The van der Waals surface area contributed by atoms with E-state index in [0.717, 1.165) is 36.9 Å². The summed E-state index contributed by atoms with van der Waals surface area (Å²) in [6.45, 7) is 0.743. The SMILES string of the molecule is O=C(Cn1nc2c(cc1=O)CCCCC2)NC[C@H]1C[C@@H]2C=C[C@@H]1C2. The van der Waals surface area contributed by atoms with Gasteiger partial charge in [0.25, 0.3) is 5.56 Å². The number of nitrogens with zero attached hydrogens (tertiary/aromatic N) is 2. The van der Waals surface area contributed by atoms with Crippen molar-refractivity contribution in [2.45, 2.75) is 51.5 Å². The van der Waals surface area contributed by atoms with Gasteiger partial charge in [-0.05, 0) is 61.8 Å². The first-order valence-electron chi connectivity index (χ1n) is 9.24. The quantitative estimate of drug-likeness (QED) is 0.678. The van der Waals surface area contributed by atoms with Gasteiger partial charge in [0.1, 0.15) is 6.54 Å². The molecule has 0 aromatic carbocycles. The minimum absolute atomic E-state index is 0.0305. The largest absolute Gasteiger partial charge is 0.354 e. The van der Waals surface area contributed by atoms with Gasteiger partial charge in [-0.2, -0.15) is 5.10 Å². The van der Waals surface area contributed by atoms with Gasteiger partial charge in [-0.1, -0.05) is 18.6 Å². The number of fused-ring (bicyclic) bond motifs is 3. The zero-order chi connectivity index (χ0) is 16.5. The first kappa shape index (κ1) is 15.6. The highest BCUT2D eigenvalue weighted by Crippen LogP contribution is 2.42. The van der Waals surface area contributed by atoms with Gasteiger partial charge in [0.05, 0.1) is 5.69 Å². The number of aryl methyl sites for hydroxylation is 2. The molecule has 2 bridgehead atoms. The van der Waals surface area contributed by atoms with E-state index in [2.05, 4.69) is 22.6 Å². The Morgan fingerprint density at radius 2 is 2.08 bits per heavy atom. The maximum Gasteiger partial charge on any atom is 0.267 e. The molecule has 0 radical (unpaired) electrons. The van der Waals surface area contributed by atoms with E-state index < -0.39 is 0 Å². The molecule has 3 aliphatic carbocycles. The average molecular weight is 327 g/mol. The monoisotopic (exact) mass is 327 g/mol. The van der Waals surface area contributed by atoms with Crippen LogP contribution in [-0.4, -0.2) is 22.2 Å². The molecule has 1 N–H and O–H groups in total. The smallest absolute Gasteiger partial charge is 0.267 e. The van der Waals surface area contributed by atoms with Crippen LogP contribution in [0.1, 0.15) is 43.4 Å². The van der Waals surface area contributed by atoms with Gasteiger partial charge in [-0.15, -0.1) is 0 Å². The number of amides is 1. The predicted molar refractivity (Wildman–Crippen MR) is 91.6 cm³/mol. The normalized spacial score (nSPS) is 27.8. The second kappa shape index (κ2) is 6.54. The fraction of sp³-hybridized carbons (Fsp3) is 0.632. The molecule has 0 saturated heterocycles. The van der Waals surface area contributed by atoms with Gasteiger partial charge in [-0.25, -0.2) is 4.68 Å². The van der Waals surface area contributed by atoms with Crippen molar-refractivity contribution in [1.29, 1.82) is 0 Å². The van der Waals surface area contributed by atoms with Crippen LogP contribution in [0.5, 0.6) is 0 Å². The average Bonchev–Trinajstić information content (AvgIpc) is 3.12. The van der Waals surface area contributed by atoms with E-state index in [0.29, 0.717) is 24.3 Å². The summed E-state index contributed by atoms with van der Waals surface area (Å²) in [5.41, 5.74) is 1.91. The van der Waals surface area contributed by atoms with E-state index in [-0.39, 0.29) is 18.0 Å². The highest BCUT2D eigenvalue weighted by atomic mass is 16.2. The van der Waals surface area contributed by atoms with Crippen molar-refractivity contribution in [3.8, 4) is 0 Å². The summed E-state index contributed by atoms with van der Waals surface area (Å²) in [7, 11) is 0. The molecule has 0 spiro atoms. The van der Waals surface area contributed by atoms with Crippen LogP contribution in [0.4, 0.5) is 0 Å².